The third-order valence-corrected chi connectivity index (χ3v) is 3.46. The van der Waals surface area contributed by atoms with E-state index >= 15 is 0 Å². The average molecular weight is 293 g/mol. The molecule has 1 aliphatic rings. The van der Waals surface area contributed by atoms with Crippen molar-refractivity contribution in [1.29, 1.82) is 0 Å². The fourth-order valence-corrected chi connectivity index (χ4v) is 2.40. The predicted molar refractivity (Wildman–Crippen MR) is 68.4 cm³/mol. The topological polar surface area (TPSA) is 91.8 Å². The number of rotatable bonds is 2. The molecule has 0 amide bonds. The summed E-state index contributed by atoms with van der Waals surface area (Å²) in [4.78, 5) is 22.8. The van der Waals surface area contributed by atoms with Gasteiger partial charge in [0, 0.05) is 5.39 Å². The number of halogens is 1. The number of esters is 2. The highest BCUT2D eigenvalue weighted by molar-refractivity contribution is 6.31. The number of ether oxygens (including phenoxy) is 2. The lowest BCUT2D eigenvalue weighted by atomic mass is 9.96. The number of hydrogen-bond acceptors (Lipinski definition) is 6. The zero-order valence-electron chi connectivity index (χ0n) is 11.3. The van der Waals surface area contributed by atoms with Crippen molar-refractivity contribution in [2.75, 3.05) is 0 Å². The third-order valence-electron chi connectivity index (χ3n) is 3.46. The zero-order chi connectivity index (χ0) is 15.4. The van der Waals surface area contributed by atoms with E-state index in [0.717, 1.165) is 6.07 Å². The van der Waals surface area contributed by atoms with Crippen LogP contribution in [0.5, 0.6) is 0 Å². The number of cyclic esters (lactones) is 2. The van der Waals surface area contributed by atoms with E-state index in [-0.39, 0.29) is 11.1 Å². The van der Waals surface area contributed by atoms with Gasteiger partial charge in [-0.15, -0.1) is 0 Å². The van der Waals surface area contributed by atoms with Crippen LogP contribution in [-0.2, 0) is 24.8 Å². The minimum Gasteiger partial charge on any atom is -0.463 e. The van der Waals surface area contributed by atoms with Crippen LogP contribution in [0.2, 0.25) is 0 Å². The summed E-state index contributed by atoms with van der Waals surface area (Å²) in [6.45, 7) is 3.22. The molecule has 0 radical (unpaired) electrons. The molecule has 1 aromatic heterocycles. The average Bonchev–Trinajstić information content (AvgIpc) is 2.92. The maximum absolute atomic E-state index is 13.9. The van der Waals surface area contributed by atoms with Gasteiger partial charge >= 0.3 is 17.7 Å². The number of carbonyl (C=O) groups is 2. The van der Waals surface area contributed by atoms with Gasteiger partial charge in [0.25, 0.3) is 0 Å². The Balaban J connectivity index is 2.31. The molecule has 0 saturated carbocycles. The van der Waals surface area contributed by atoms with Crippen molar-refractivity contribution in [2.45, 2.75) is 25.7 Å². The summed E-state index contributed by atoms with van der Waals surface area (Å²) in [7, 11) is 0. The van der Waals surface area contributed by atoms with Gasteiger partial charge < -0.3 is 19.6 Å². The van der Waals surface area contributed by atoms with Gasteiger partial charge in [0.15, 0.2) is 0 Å². The van der Waals surface area contributed by atoms with E-state index in [0.29, 0.717) is 10.9 Å². The van der Waals surface area contributed by atoms with Crippen LogP contribution in [0.1, 0.15) is 18.1 Å². The molecule has 6 nitrogen and oxygen atoms in total. The molecule has 3 rings (SSSR count). The second kappa shape index (κ2) is 4.29. The van der Waals surface area contributed by atoms with Crippen molar-refractivity contribution in [3.63, 3.8) is 0 Å². The van der Waals surface area contributed by atoms with E-state index in [4.69, 9.17) is 19.6 Å². The van der Waals surface area contributed by atoms with Crippen LogP contribution in [0.3, 0.4) is 0 Å². The summed E-state index contributed by atoms with van der Waals surface area (Å²) in [5.41, 5.74) is 6.84. The Morgan fingerprint density at radius 1 is 1.24 bits per heavy atom. The Hall–Kier alpha value is -2.41. The largest absolute Gasteiger partial charge is 0.463 e. The zero-order valence-corrected chi connectivity index (χ0v) is 11.3. The first kappa shape index (κ1) is 13.6. The monoisotopic (exact) mass is 293 g/mol. The molecule has 0 aliphatic carbocycles. The molecule has 2 heterocycles. The van der Waals surface area contributed by atoms with Gasteiger partial charge in [0.05, 0.1) is 17.9 Å². The van der Waals surface area contributed by atoms with Crippen molar-refractivity contribution in [1.82, 2.24) is 0 Å². The molecule has 21 heavy (non-hydrogen) atoms. The number of fused-ring (bicyclic) bond motifs is 1. The molecule has 0 spiro atoms. The van der Waals surface area contributed by atoms with E-state index < -0.39 is 29.6 Å². The molecule has 2 aromatic rings. The lowest BCUT2D eigenvalue weighted by Crippen LogP contribution is -2.45. The summed E-state index contributed by atoms with van der Waals surface area (Å²) >= 11 is 0. The van der Waals surface area contributed by atoms with E-state index in [1.807, 2.05) is 0 Å². The molecule has 1 aromatic carbocycles. The Morgan fingerprint density at radius 2 is 1.86 bits per heavy atom. The van der Waals surface area contributed by atoms with Crippen LogP contribution in [0.25, 0.3) is 11.0 Å². The maximum Gasteiger partial charge on any atom is 0.421 e. The van der Waals surface area contributed by atoms with Gasteiger partial charge in [0.1, 0.15) is 11.4 Å². The quantitative estimate of drug-likeness (QED) is 0.666. The Kier molecular flexibility index (Phi) is 2.77. The highest BCUT2D eigenvalue weighted by Gasteiger charge is 2.54. The minimum absolute atomic E-state index is 0.0693. The van der Waals surface area contributed by atoms with Gasteiger partial charge in [-0.25, -0.2) is 14.0 Å². The van der Waals surface area contributed by atoms with Crippen molar-refractivity contribution in [3.05, 3.63) is 35.3 Å². The van der Waals surface area contributed by atoms with Gasteiger partial charge in [-0.3, -0.25) is 0 Å². The lowest BCUT2D eigenvalue weighted by Gasteiger charge is -2.29. The minimum atomic E-state index is -1.89. The number of hydrogen-bond donors (Lipinski definition) is 1. The first-order chi connectivity index (χ1) is 9.85. The SMILES string of the molecule is Cc1coc2c(C3(C(C)N)OC(=O)C(=O)O3)cc(F)cc12. The van der Waals surface area contributed by atoms with Gasteiger partial charge in [-0.2, -0.15) is 0 Å². The van der Waals surface area contributed by atoms with Gasteiger partial charge in [-0.05, 0) is 31.5 Å². The predicted octanol–water partition coefficient (Wildman–Crippen LogP) is 1.48. The summed E-state index contributed by atoms with van der Waals surface area (Å²) in [5, 5.41) is 0.490. The smallest absolute Gasteiger partial charge is 0.421 e. The van der Waals surface area contributed by atoms with Crippen molar-refractivity contribution >= 4 is 22.9 Å². The fourth-order valence-electron chi connectivity index (χ4n) is 2.40. The molecule has 0 bridgehead atoms. The number of furan rings is 1. The van der Waals surface area contributed by atoms with E-state index in [9.17, 15) is 14.0 Å². The standard InChI is InChI=1S/C14H12FNO5/c1-6-5-19-11-9(6)3-8(15)4-10(11)14(7(2)16)20-12(17)13(18)21-14/h3-5,7H,16H2,1-2H3. The number of benzene rings is 1. The summed E-state index contributed by atoms with van der Waals surface area (Å²) in [6, 6.07) is 1.45. The first-order valence-corrected chi connectivity index (χ1v) is 6.25. The van der Waals surface area contributed by atoms with Crippen LogP contribution < -0.4 is 5.73 Å². The Morgan fingerprint density at radius 3 is 2.43 bits per heavy atom. The maximum atomic E-state index is 13.9. The van der Waals surface area contributed by atoms with Crippen LogP contribution >= 0.6 is 0 Å². The number of aryl methyl sites for hydroxylation is 1. The molecule has 1 unspecified atom stereocenters. The lowest BCUT2D eigenvalue weighted by molar-refractivity contribution is -0.191. The Bertz CT molecular complexity index is 748. The summed E-state index contributed by atoms with van der Waals surface area (Å²) in [6.07, 6.45) is 1.43. The van der Waals surface area contributed by atoms with E-state index in [1.54, 1.807) is 6.92 Å². The third kappa shape index (κ3) is 1.81. The highest BCUT2D eigenvalue weighted by atomic mass is 19.1. The normalized spacial score (nSPS) is 18.7. The van der Waals surface area contributed by atoms with E-state index in [2.05, 4.69) is 0 Å². The number of carbonyl (C=O) groups excluding carboxylic acids is 2. The van der Waals surface area contributed by atoms with Gasteiger partial charge in [-0.1, -0.05) is 0 Å². The van der Waals surface area contributed by atoms with Gasteiger partial charge in [0.2, 0.25) is 0 Å². The van der Waals surface area contributed by atoms with Crippen molar-refractivity contribution in [2.24, 2.45) is 5.73 Å². The highest BCUT2D eigenvalue weighted by Crippen LogP contribution is 2.40. The first-order valence-electron chi connectivity index (χ1n) is 6.25. The molecule has 7 heteroatoms. The van der Waals surface area contributed by atoms with Crippen LogP contribution in [0, 0.1) is 12.7 Å². The molecule has 2 N–H and O–H groups in total. The molecule has 1 aliphatic heterocycles. The molecule has 1 saturated heterocycles. The van der Waals surface area contributed by atoms with Crippen LogP contribution in [0.15, 0.2) is 22.8 Å². The second-order valence-corrected chi connectivity index (χ2v) is 4.98. The molecular weight excluding hydrogens is 281 g/mol. The Labute approximate surface area is 118 Å². The second-order valence-electron chi connectivity index (χ2n) is 4.98. The van der Waals surface area contributed by atoms with Crippen LogP contribution in [-0.4, -0.2) is 18.0 Å². The summed E-state index contributed by atoms with van der Waals surface area (Å²) in [5.74, 6) is -4.82. The number of nitrogens with two attached hydrogens (primary N) is 1. The van der Waals surface area contributed by atoms with Crippen LogP contribution in [0.4, 0.5) is 4.39 Å². The van der Waals surface area contributed by atoms with E-state index in [1.165, 1.54) is 19.3 Å². The fraction of sp³-hybridized carbons (Fsp3) is 0.286. The van der Waals surface area contributed by atoms with Crippen molar-refractivity contribution < 1.29 is 27.9 Å². The molecular formula is C14H12FNO5. The molecule has 110 valence electrons. The summed E-state index contributed by atoms with van der Waals surface area (Å²) < 4.78 is 29.3. The molecule has 1 fully saturated rings. The van der Waals surface area contributed by atoms with Crippen molar-refractivity contribution in [3.8, 4) is 0 Å². The molecule has 1 atom stereocenters.